The van der Waals surface area contributed by atoms with Crippen LogP contribution in [0.1, 0.15) is 15.9 Å². The van der Waals surface area contributed by atoms with Crippen LogP contribution in [-0.4, -0.2) is 15.8 Å². The number of aromatic hydroxyl groups is 1. The van der Waals surface area contributed by atoms with E-state index in [4.69, 9.17) is 0 Å². The molecule has 0 aromatic heterocycles. The van der Waals surface area contributed by atoms with Crippen molar-refractivity contribution in [2.75, 3.05) is 0 Å². The van der Waals surface area contributed by atoms with Crippen LogP contribution in [0.4, 0.5) is 5.69 Å². The Labute approximate surface area is 102 Å². The molecular formula is C13H9NO4. The van der Waals surface area contributed by atoms with Crippen LogP contribution in [0.3, 0.4) is 0 Å². The highest BCUT2D eigenvalue weighted by Crippen LogP contribution is 2.27. The van der Waals surface area contributed by atoms with Crippen LogP contribution >= 0.6 is 0 Å². The summed E-state index contributed by atoms with van der Waals surface area (Å²) in [7, 11) is 0. The molecule has 0 spiro atoms. The number of phenolic OH excluding ortho intramolecular Hbond substituents is 1. The Morgan fingerprint density at radius 3 is 2.28 bits per heavy atom. The van der Waals surface area contributed by atoms with Gasteiger partial charge < -0.3 is 5.11 Å². The van der Waals surface area contributed by atoms with Gasteiger partial charge in [0.25, 0.3) is 0 Å². The van der Waals surface area contributed by atoms with Crippen molar-refractivity contribution in [2.45, 2.75) is 0 Å². The second kappa shape index (κ2) is 4.67. The minimum Gasteiger partial charge on any atom is -0.502 e. The summed E-state index contributed by atoms with van der Waals surface area (Å²) in [6.07, 6.45) is 0. The maximum absolute atomic E-state index is 12.0. The minimum absolute atomic E-state index is 0.212. The maximum atomic E-state index is 12.0. The van der Waals surface area contributed by atoms with Crippen molar-refractivity contribution in [3.63, 3.8) is 0 Å². The first-order chi connectivity index (χ1) is 8.59. The van der Waals surface area contributed by atoms with Crippen molar-refractivity contribution >= 4 is 11.5 Å². The largest absolute Gasteiger partial charge is 0.502 e. The van der Waals surface area contributed by atoms with Gasteiger partial charge in [-0.2, -0.15) is 0 Å². The molecule has 0 fully saturated rings. The smallest absolute Gasteiger partial charge is 0.310 e. The fourth-order valence-corrected chi connectivity index (χ4v) is 1.58. The normalized spacial score (nSPS) is 10.0. The van der Waals surface area contributed by atoms with Crippen LogP contribution in [0.2, 0.25) is 0 Å². The monoisotopic (exact) mass is 243 g/mol. The van der Waals surface area contributed by atoms with Gasteiger partial charge in [0.15, 0.2) is 11.5 Å². The van der Waals surface area contributed by atoms with E-state index >= 15 is 0 Å². The molecule has 1 N–H and O–H groups in total. The van der Waals surface area contributed by atoms with Gasteiger partial charge in [0.05, 0.1) is 4.92 Å². The van der Waals surface area contributed by atoms with Crippen molar-refractivity contribution in [1.82, 2.24) is 0 Å². The highest BCUT2D eigenvalue weighted by atomic mass is 16.6. The third kappa shape index (κ3) is 2.20. The first kappa shape index (κ1) is 11.8. The fraction of sp³-hybridized carbons (Fsp3) is 0. The van der Waals surface area contributed by atoms with E-state index in [2.05, 4.69) is 0 Å². The first-order valence-corrected chi connectivity index (χ1v) is 5.17. The summed E-state index contributed by atoms with van der Waals surface area (Å²) >= 11 is 0. The number of hydrogen-bond acceptors (Lipinski definition) is 4. The molecule has 2 aromatic rings. The Morgan fingerprint density at radius 1 is 1.06 bits per heavy atom. The Bertz CT molecular complexity index is 608. The van der Waals surface area contributed by atoms with Gasteiger partial charge in [-0.05, 0) is 12.1 Å². The molecule has 5 nitrogen and oxygen atoms in total. The summed E-state index contributed by atoms with van der Waals surface area (Å²) in [4.78, 5) is 21.8. The molecule has 0 aliphatic heterocycles. The lowest BCUT2D eigenvalue weighted by Crippen LogP contribution is -2.01. The van der Waals surface area contributed by atoms with Crippen LogP contribution in [-0.2, 0) is 0 Å². The van der Waals surface area contributed by atoms with Crippen molar-refractivity contribution in [2.24, 2.45) is 0 Å². The Morgan fingerprint density at radius 2 is 1.72 bits per heavy atom. The summed E-state index contributed by atoms with van der Waals surface area (Å²) < 4.78 is 0. The number of hydrogen-bond donors (Lipinski definition) is 1. The van der Waals surface area contributed by atoms with Gasteiger partial charge in [-0.15, -0.1) is 0 Å². The molecule has 90 valence electrons. The van der Waals surface area contributed by atoms with E-state index in [-0.39, 0.29) is 11.3 Å². The summed E-state index contributed by atoms with van der Waals surface area (Å²) in [5, 5.41) is 20.0. The SMILES string of the molecule is O=C(c1ccccc1)c1ccc([N+](=O)[O-])c(O)c1. The van der Waals surface area contributed by atoms with Crippen LogP contribution in [0, 0.1) is 10.1 Å². The van der Waals surface area contributed by atoms with Gasteiger partial charge in [-0.3, -0.25) is 14.9 Å². The Kier molecular flexibility index (Phi) is 3.05. The molecule has 2 rings (SSSR count). The third-order valence-electron chi connectivity index (χ3n) is 2.47. The van der Waals surface area contributed by atoms with Gasteiger partial charge in [-0.1, -0.05) is 30.3 Å². The number of carbonyl (C=O) groups excluding carboxylic acids is 1. The number of rotatable bonds is 3. The molecule has 0 radical (unpaired) electrons. The molecule has 0 heterocycles. The van der Waals surface area contributed by atoms with Crippen LogP contribution < -0.4 is 0 Å². The molecule has 0 saturated carbocycles. The number of nitro benzene ring substituents is 1. The number of ketones is 1. The zero-order chi connectivity index (χ0) is 13.1. The van der Waals surface area contributed by atoms with Crippen molar-refractivity contribution < 1.29 is 14.8 Å². The van der Waals surface area contributed by atoms with Crippen LogP contribution in [0.15, 0.2) is 48.5 Å². The zero-order valence-electron chi connectivity index (χ0n) is 9.24. The van der Waals surface area contributed by atoms with E-state index in [1.54, 1.807) is 30.3 Å². The second-order valence-electron chi connectivity index (χ2n) is 3.66. The Balaban J connectivity index is 2.39. The highest BCUT2D eigenvalue weighted by Gasteiger charge is 2.16. The lowest BCUT2D eigenvalue weighted by Gasteiger charge is -2.02. The number of carbonyl (C=O) groups is 1. The molecule has 0 bridgehead atoms. The van der Waals surface area contributed by atoms with E-state index in [0.717, 1.165) is 12.1 Å². The molecule has 2 aromatic carbocycles. The Hall–Kier alpha value is -2.69. The molecule has 0 saturated heterocycles. The van der Waals surface area contributed by atoms with Gasteiger partial charge >= 0.3 is 5.69 Å². The summed E-state index contributed by atoms with van der Waals surface area (Å²) in [5.41, 5.74) is 0.259. The van der Waals surface area contributed by atoms with Crippen molar-refractivity contribution in [3.8, 4) is 5.75 Å². The lowest BCUT2D eigenvalue weighted by atomic mass is 10.0. The average molecular weight is 243 g/mol. The maximum Gasteiger partial charge on any atom is 0.310 e. The number of phenols is 1. The zero-order valence-corrected chi connectivity index (χ0v) is 9.24. The lowest BCUT2D eigenvalue weighted by molar-refractivity contribution is -0.385. The van der Waals surface area contributed by atoms with E-state index in [1.807, 2.05) is 0 Å². The topological polar surface area (TPSA) is 80.4 Å². The highest BCUT2D eigenvalue weighted by molar-refractivity contribution is 6.09. The molecule has 0 aliphatic rings. The fourth-order valence-electron chi connectivity index (χ4n) is 1.58. The van der Waals surface area contributed by atoms with Gasteiger partial charge in [0.1, 0.15) is 0 Å². The third-order valence-corrected chi connectivity index (χ3v) is 2.47. The minimum atomic E-state index is -0.702. The molecule has 0 aliphatic carbocycles. The van der Waals surface area contributed by atoms with Gasteiger partial charge in [-0.25, -0.2) is 0 Å². The molecule has 0 atom stereocenters. The molecule has 18 heavy (non-hydrogen) atoms. The second-order valence-corrected chi connectivity index (χ2v) is 3.66. The predicted molar refractivity (Wildman–Crippen MR) is 64.6 cm³/mol. The quantitative estimate of drug-likeness (QED) is 0.510. The van der Waals surface area contributed by atoms with E-state index in [0.29, 0.717) is 5.56 Å². The number of nitrogens with zero attached hydrogens (tertiary/aromatic N) is 1. The predicted octanol–water partition coefficient (Wildman–Crippen LogP) is 2.53. The first-order valence-electron chi connectivity index (χ1n) is 5.17. The summed E-state index contributed by atoms with van der Waals surface area (Å²) in [6, 6.07) is 12.1. The standard InChI is InChI=1S/C13H9NO4/c15-12-8-10(6-7-11(12)14(17)18)13(16)9-4-2-1-3-5-9/h1-8,15H. The number of nitro groups is 1. The van der Waals surface area contributed by atoms with Crippen molar-refractivity contribution in [3.05, 3.63) is 69.8 Å². The summed E-state index contributed by atoms with van der Waals surface area (Å²) in [6.45, 7) is 0. The number of benzene rings is 2. The van der Waals surface area contributed by atoms with Gasteiger partial charge in [0.2, 0.25) is 0 Å². The van der Waals surface area contributed by atoms with Crippen LogP contribution in [0.25, 0.3) is 0 Å². The molecular weight excluding hydrogens is 234 g/mol. The van der Waals surface area contributed by atoms with Crippen LogP contribution in [0.5, 0.6) is 5.75 Å². The summed E-state index contributed by atoms with van der Waals surface area (Å²) in [5.74, 6) is -0.803. The molecule has 0 amide bonds. The van der Waals surface area contributed by atoms with E-state index in [1.165, 1.54) is 6.07 Å². The molecule has 0 unspecified atom stereocenters. The van der Waals surface area contributed by atoms with E-state index < -0.39 is 16.4 Å². The van der Waals surface area contributed by atoms with Crippen molar-refractivity contribution in [1.29, 1.82) is 0 Å². The van der Waals surface area contributed by atoms with Gasteiger partial charge in [0, 0.05) is 17.2 Å². The molecule has 5 heteroatoms. The average Bonchev–Trinajstić information content (AvgIpc) is 2.38. The van der Waals surface area contributed by atoms with E-state index in [9.17, 15) is 20.0 Å².